The van der Waals surface area contributed by atoms with Gasteiger partial charge in [-0.05, 0) is 43.0 Å². The van der Waals surface area contributed by atoms with Gasteiger partial charge >= 0.3 is 6.18 Å². The Labute approximate surface area is 148 Å². The van der Waals surface area contributed by atoms with E-state index in [0.29, 0.717) is 18.4 Å². The van der Waals surface area contributed by atoms with Crippen molar-refractivity contribution in [3.05, 3.63) is 71.1 Å². The summed E-state index contributed by atoms with van der Waals surface area (Å²) >= 11 is 0. The van der Waals surface area contributed by atoms with Crippen molar-refractivity contribution in [2.45, 2.75) is 32.0 Å². The molecule has 0 amide bonds. The molecule has 3 aromatic rings. The molecule has 0 aliphatic heterocycles. The quantitative estimate of drug-likeness (QED) is 0.713. The van der Waals surface area contributed by atoms with Gasteiger partial charge in [0, 0.05) is 5.56 Å². The van der Waals surface area contributed by atoms with Crippen molar-refractivity contribution in [1.82, 2.24) is 10.1 Å². The number of rotatable bonds is 5. The van der Waals surface area contributed by atoms with Gasteiger partial charge in [0.05, 0.1) is 5.56 Å². The number of aliphatic hydroxyl groups is 1. The zero-order valence-electron chi connectivity index (χ0n) is 14.0. The van der Waals surface area contributed by atoms with Crippen LogP contribution >= 0.6 is 0 Å². The number of aryl methyl sites for hydroxylation is 2. The summed E-state index contributed by atoms with van der Waals surface area (Å²) in [4.78, 5) is 4.08. The van der Waals surface area contributed by atoms with Gasteiger partial charge in [0.1, 0.15) is 6.10 Å². The van der Waals surface area contributed by atoms with E-state index in [4.69, 9.17) is 4.52 Å². The van der Waals surface area contributed by atoms with E-state index in [1.807, 2.05) is 30.3 Å². The molecule has 0 aliphatic carbocycles. The van der Waals surface area contributed by atoms with Crippen molar-refractivity contribution in [1.29, 1.82) is 0 Å². The van der Waals surface area contributed by atoms with E-state index in [2.05, 4.69) is 10.1 Å². The predicted octanol–water partition coefficient (Wildman–Crippen LogP) is 4.73. The summed E-state index contributed by atoms with van der Waals surface area (Å²) in [6, 6.07) is 13.0. The van der Waals surface area contributed by atoms with Crippen molar-refractivity contribution in [3.63, 3.8) is 0 Å². The molecule has 1 aromatic heterocycles. The van der Waals surface area contributed by atoms with Crippen molar-refractivity contribution in [2.24, 2.45) is 0 Å². The Morgan fingerprint density at radius 2 is 1.85 bits per heavy atom. The van der Waals surface area contributed by atoms with Gasteiger partial charge in [0.15, 0.2) is 0 Å². The largest absolute Gasteiger partial charge is 0.416 e. The van der Waals surface area contributed by atoms with Crippen LogP contribution in [0, 0.1) is 6.92 Å². The fourth-order valence-electron chi connectivity index (χ4n) is 2.59. The van der Waals surface area contributed by atoms with Crippen LogP contribution in [0.5, 0.6) is 0 Å². The first kappa shape index (κ1) is 18.1. The van der Waals surface area contributed by atoms with E-state index in [-0.39, 0.29) is 17.3 Å². The van der Waals surface area contributed by atoms with Gasteiger partial charge in [-0.25, -0.2) is 0 Å². The zero-order chi connectivity index (χ0) is 18.7. The molecule has 3 rings (SSSR count). The van der Waals surface area contributed by atoms with Crippen LogP contribution in [0.3, 0.4) is 0 Å². The van der Waals surface area contributed by atoms with Crippen LogP contribution in [-0.2, 0) is 12.6 Å². The number of nitrogens with zero attached hydrogens (tertiary/aromatic N) is 2. The van der Waals surface area contributed by atoms with Crippen molar-refractivity contribution < 1.29 is 22.8 Å². The molecule has 0 unspecified atom stereocenters. The van der Waals surface area contributed by atoms with Crippen molar-refractivity contribution in [3.8, 4) is 11.4 Å². The van der Waals surface area contributed by atoms with E-state index >= 15 is 0 Å². The topological polar surface area (TPSA) is 59.2 Å². The molecule has 0 spiro atoms. The maximum absolute atomic E-state index is 12.9. The number of aliphatic hydroxyl groups excluding tert-OH is 1. The Hall–Kier alpha value is -2.67. The average Bonchev–Trinajstić information content (AvgIpc) is 3.10. The third-order valence-corrected chi connectivity index (χ3v) is 4.08. The van der Waals surface area contributed by atoms with Gasteiger partial charge in [0.2, 0.25) is 5.82 Å². The number of benzene rings is 2. The van der Waals surface area contributed by atoms with E-state index in [9.17, 15) is 18.3 Å². The molecule has 0 saturated carbocycles. The SMILES string of the molecule is Cc1ccc(C(F)(F)F)cc1-c1noc([C@@H](O)CCc2ccccc2)n1. The lowest BCUT2D eigenvalue weighted by atomic mass is 10.0. The van der Waals surface area contributed by atoms with E-state index in [1.165, 1.54) is 6.07 Å². The van der Waals surface area contributed by atoms with Crippen LogP contribution in [0.1, 0.15) is 35.1 Å². The standard InChI is InChI=1S/C19H17F3N2O2/c1-12-7-9-14(19(20,21)22)11-15(12)17-23-18(26-24-17)16(25)10-8-13-5-3-2-4-6-13/h2-7,9,11,16,25H,8,10H2,1H3/t16-/m0/s1. The summed E-state index contributed by atoms with van der Waals surface area (Å²) in [7, 11) is 0. The van der Waals surface area contributed by atoms with Crippen LogP contribution in [-0.4, -0.2) is 15.2 Å². The van der Waals surface area contributed by atoms with Gasteiger partial charge in [-0.2, -0.15) is 18.2 Å². The average molecular weight is 362 g/mol. The Kier molecular flexibility index (Phi) is 5.08. The van der Waals surface area contributed by atoms with Crippen LogP contribution in [0.15, 0.2) is 53.1 Å². The summed E-state index contributed by atoms with van der Waals surface area (Å²) < 4.78 is 43.8. The lowest BCUT2D eigenvalue weighted by molar-refractivity contribution is -0.137. The summed E-state index contributed by atoms with van der Waals surface area (Å²) in [6.45, 7) is 1.66. The lowest BCUT2D eigenvalue weighted by Gasteiger charge is -2.09. The minimum atomic E-state index is -4.45. The normalized spacial score (nSPS) is 13.0. The molecule has 1 atom stereocenters. The summed E-state index contributed by atoms with van der Waals surface area (Å²) in [5.41, 5.74) is 1.09. The van der Waals surface area contributed by atoms with Gasteiger partial charge in [-0.1, -0.05) is 41.6 Å². The Morgan fingerprint density at radius 1 is 1.12 bits per heavy atom. The Balaban J connectivity index is 1.77. The Morgan fingerprint density at radius 3 is 2.54 bits per heavy atom. The zero-order valence-corrected chi connectivity index (χ0v) is 14.0. The minimum Gasteiger partial charge on any atom is -0.383 e. The molecule has 0 bridgehead atoms. The second-order valence-corrected chi connectivity index (χ2v) is 6.02. The molecule has 26 heavy (non-hydrogen) atoms. The lowest BCUT2D eigenvalue weighted by Crippen LogP contribution is -2.05. The maximum atomic E-state index is 12.9. The first-order valence-corrected chi connectivity index (χ1v) is 8.08. The first-order chi connectivity index (χ1) is 12.3. The summed E-state index contributed by atoms with van der Waals surface area (Å²) in [6.07, 6.45) is -4.46. The van der Waals surface area contributed by atoms with Crippen molar-refractivity contribution >= 4 is 0 Å². The molecule has 1 N–H and O–H groups in total. The highest BCUT2D eigenvalue weighted by Gasteiger charge is 2.31. The third kappa shape index (κ3) is 4.11. The van der Waals surface area contributed by atoms with Crippen LogP contribution in [0.25, 0.3) is 11.4 Å². The van der Waals surface area contributed by atoms with E-state index in [1.54, 1.807) is 6.92 Å². The van der Waals surface area contributed by atoms with Crippen molar-refractivity contribution in [2.75, 3.05) is 0 Å². The summed E-state index contributed by atoms with van der Waals surface area (Å²) in [5.74, 6) is 0.0232. The van der Waals surface area contributed by atoms with Gasteiger partial charge in [0.25, 0.3) is 5.89 Å². The molecule has 0 fully saturated rings. The molecular weight excluding hydrogens is 345 g/mol. The van der Waals surface area contributed by atoms with Crippen LogP contribution in [0.4, 0.5) is 13.2 Å². The molecule has 0 radical (unpaired) electrons. The minimum absolute atomic E-state index is 0.00672. The molecule has 7 heteroatoms. The second-order valence-electron chi connectivity index (χ2n) is 6.02. The highest BCUT2D eigenvalue weighted by atomic mass is 19.4. The van der Waals surface area contributed by atoms with Crippen LogP contribution in [0.2, 0.25) is 0 Å². The molecule has 0 saturated heterocycles. The fourth-order valence-corrected chi connectivity index (χ4v) is 2.59. The van der Waals surface area contributed by atoms with Crippen LogP contribution < -0.4 is 0 Å². The number of halogens is 3. The maximum Gasteiger partial charge on any atom is 0.416 e. The highest BCUT2D eigenvalue weighted by Crippen LogP contribution is 2.33. The molecule has 4 nitrogen and oxygen atoms in total. The highest BCUT2D eigenvalue weighted by molar-refractivity contribution is 5.60. The van der Waals surface area contributed by atoms with Gasteiger partial charge in [-0.3, -0.25) is 0 Å². The molecule has 2 aromatic carbocycles. The van der Waals surface area contributed by atoms with E-state index < -0.39 is 17.8 Å². The fraction of sp³-hybridized carbons (Fsp3) is 0.263. The third-order valence-electron chi connectivity index (χ3n) is 4.08. The first-order valence-electron chi connectivity index (χ1n) is 8.08. The second kappa shape index (κ2) is 7.29. The molecule has 136 valence electrons. The molecule has 0 aliphatic rings. The number of hydrogen-bond acceptors (Lipinski definition) is 4. The smallest absolute Gasteiger partial charge is 0.383 e. The van der Waals surface area contributed by atoms with Gasteiger partial charge < -0.3 is 9.63 Å². The van der Waals surface area contributed by atoms with E-state index in [0.717, 1.165) is 17.7 Å². The number of alkyl halides is 3. The Bertz CT molecular complexity index is 876. The summed E-state index contributed by atoms with van der Waals surface area (Å²) in [5, 5.41) is 14.0. The number of hydrogen-bond donors (Lipinski definition) is 1. The predicted molar refractivity (Wildman–Crippen MR) is 89.2 cm³/mol. The monoisotopic (exact) mass is 362 g/mol. The van der Waals surface area contributed by atoms with Gasteiger partial charge in [-0.15, -0.1) is 0 Å². The number of aromatic nitrogens is 2. The molecular formula is C19H17F3N2O2. The molecule has 1 heterocycles.